The van der Waals surface area contributed by atoms with Gasteiger partial charge in [0.05, 0.1) is 5.92 Å². The summed E-state index contributed by atoms with van der Waals surface area (Å²) in [6.07, 6.45) is 2.19. The van der Waals surface area contributed by atoms with Crippen LogP contribution in [-0.2, 0) is 4.79 Å². The molecule has 1 saturated heterocycles. The Hall–Kier alpha value is -1.26. The van der Waals surface area contributed by atoms with Crippen molar-refractivity contribution in [2.24, 2.45) is 11.8 Å². The second-order valence-corrected chi connectivity index (χ2v) is 4.62. The molecule has 16 heavy (non-hydrogen) atoms. The van der Waals surface area contributed by atoms with Crippen molar-refractivity contribution in [3.63, 3.8) is 0 Å². The smallest absolute Gasteiger partial charge is 0.317 e. The molecule has 1 aliphatic rings. The van der Waals surface area contributed by atoms with Crippen LogP contribution in [0.15, 0.2) is 0 Å². The van der Waals surface area contributed by atoms with Gasteiger partial charge in [-0.25, -0.2) is 4.79 Å². The van der Waals surface area contributed by atoms with Crippen LogP contribution in [0.2, 0.25) is 0 Å². The normalized spacial score (nSPS) is 22.6. The highest BCUT2D eigenvalue weighted by molar-refractivity contribution is 5.76. The van der Waals surface area contributed by atoms with E-state index < -0.39 is 11.9 Å². The van der Waals surface area contributed by atoms with Crippen LogP contribution in [0.3, 0.4) is 0 Å². The molecule has 0 aromatic carbocycles. The third-order valence-electron chi connectivity index (χ3n) is 2.93. The fourth-order valence-corrected chi connectivity index (χ4v) is 1.81. The average Bonchev–Trinajstić information content (AvgIpc) is 2.25. The lowest BCUT2D eigenvalue weighted by Crippen LogP contribution is -2.46. The summed E-state index contributed by atoms with van der Waals surface area (Å²) in [5.74, 6) is -0.880. The van der Waals surface area contributed by atoms with Crippen LogP contribution < -0.4 is 5.32 Å². The molecule has 92 valence electrons. The first-order valence-electron chi connectivity index (χ1n) is 5.76. The summed E-state index contributed by atoms with van der Waals surface area (Å²) in [5, 5.41) is 11.3. The molecule has 2 amide bonds. The van der Waals surface area contributed by atoms with E-state index in [0.29, 0.717) is 5.92 Å². The number of urea groups is 1. The van der Waals surface area contributed by atoms with E-state index in [4.69, 9.17) is 5.11 Å². The summed E-state index contributed by atoms with van der Waals surface area (Å²) in [4.78, 5) is 24.0. The minimum absolute atomic E-state index is 0.139. The Morgan fingerprint density at radius 3 is 2.81 bits per heavy atom. The molecular formula is C11H20N2O3. The molecule has 2 atom stereocenters. The Kier molecular flexibility index (Phi) is 4.58. The maximum Gasteiger partial charge on any atom is 0.317 e. The molecule has 0 aromatic heterocycles. The van der Waals surface area contributed by atoms with E-state index in [-0.39, 0.29) is 12.6 Å². The van der Waals surface area contributed by atoms with E-state index in [1.54, 1.807) is 11.8 Å². The second kappa shape index (κ2) is 5.72. The molecule has 1 fully saturated rings. The van der Waals surface area contributed by atoms with Gasteiger partial charge < -0.3 is 15.3 Å². The number of carbonyl (C=O) groups is 2. The SMILES string of the molecule is CC1CCCN(C(=O)NCC(C)C(=O)O)C1. The van der Waals surface area contributed by atoms with E-state index in [1.165, 1.54) is 0 Å². The van der Waals surface area contributed by atoms with Crippen molar-refractivity contribution in [1.29, 1.82) is 0 Å². The van der Waals surface area contributed by atoms with E-state index in [0.717, 1.165) is 25.9 Å². The molecule has 1 aliphatic heterocycles. The van der Waals surface area contributed by atoms with Gasteiger partial charge in [-0.05, 0) is 18.8 Å². The van der Waals surface area contributed by atoms with Gasteiger partial charge >= 0.3 is 12.0 Å². The third-order valence-corrected chi connectivity index (χ3v) is 2.93. The zero-order chi connectivity index (χ0) is 12.1. The van der Waals surface area contributed by atoms with Crippen LogP contribution in [-0.4, -0.2) is 41.6 Å². The van der Waals surface area contributed by atoms with Gasteiger partial charge in [-0.2, -0.15) is 0 Å². The van der Waals surface area contributed by atoms with Gasteiger partial charge in [0.1, 0.15) is 0 Å². The molecule has 0 aliphatic carbocycles. The minimum atomic E-state index is -0.882. The van der Waals surface area contributed by atoms with Crippen molar-refractivity contribution < 1.29 is 14.7 Å². The predicted molar refractivity (Wildman–Crippen MR) is 60.2 cm³/mol. The van der Waals surface area contributed by atoms with Crippen LogP contribution in [0.5, 0.6) is 0 Å². The molecule has 1 rings (SSSR count). The van der Waals surface area contributed by atoms with Gasteiger partial charge in [0.2, 0.25) is 0 Å². The summed E-state index contributed by atoms with van der Waals surface area (Å²) in [5.41, 5.74) is 0. The van der Waals surface area contributed by atoms with Crippen LogP contribution in [0.25, 0.3) is 0 Å². The maximum absolute atomic E-state index is 11.7. The van der Waals surface area contributed by atoms with Crippen LogP contribution in [0, 0.1) is 11.8 Å². The Labute approximate surface area is 95.8 Å². The Morgan fingerprint density at radius 1 is 1.56 bits per heavy atom. The number of carbonyl (C=O) groups excluding carboxylic acids is 1. The highest BCUT2D eigenvalue weighted by atomic mass is 16.4. The molecule has 0 saturated carbocycles. The Bertz CT molecular complexity index is 268. The number of nitrogens with one attached hydrogen (secondary N) is 1. The van der Waals surface area contributed by atoms with Crippen molar-refractivity contribution in [3.8, 4) is 0 Å². The number of likely N-dealkylation sites (tertiary alicyclic amines) is 1. The number of amides is 2. The van der Waals surface area contributed by atoms with E-state index >= 15 is 0 Å². The van der Waals surface area contributed by atoms with Gasteiger partial charge in [-0.1, -0.05) is 13.8 Å². The highest BCUT2D eigenvalue weighted by Crippen LogP contribution is 2.15. The van der Waals surface area contributed by atoms with E-state index in [9.17, 15) is 9.59 Å². The quantitative estimate of drug-likeness (QED) is 0.761. The maximum atomic E-state index is 11.7. The summed E-state index contributed by atoms with van der Waals surface area (Å²) in [6.45, 7) is 5.45. The zero-order valence-electron chi connectivity index (χ0n) is 9.90. The number of nitrogens with zero attached hydrogens (tertiary/aromatic N) is 1. The molecular weight excluding hydrogens is 208 g/mol. The van der Waals surface area contributed by atoms with Crippen molar-refractivity contribution in [1.82, 2.24) is 10.2 Å². The summed E-state index contributed by atoms with van der Waals surface area (Å²) in [6, 6.07) is -0.139. The monoisotopic (exact) mass is 228 g/mol. The second-order valence-electron chi connectivity index (χ2n) is 4.62. The molecule has 0 bridgehead atoms. The first-order chi connectivity index (χ1) is 7.50. The van der Waals surface area contributed by atoms with Crippen LogP contribution in [0.1, 0.15) is 26.7 Å². The summed E-state index contributed by atoms with van der Waals surface area (Å²) in [7, 11) is 0. The Balaban J connectivity index is 2.31. The molecule has 5 heteroatoms. The molecule has 1 heterocycles. The van der Waals surface area contributed by atoms with Gasteiger partial charge in [-0.3, -0.25) is 4.79 Å². The average molecular weight is 228 g/mol. The summed E-state index contributed by atoms with van der Waals surface area (Å²) >= 11 is 0. The van der Waals surface area contributed by atoms with Crippen molar-refractivity contribution in [2.75, 3.05) is 19.6 Å². The van der Waals surface area contributed by atoms with Gasteiger partial charge in [-0.15, -0.1) is 0 Å². The topological polar surface area (TPSA) is 69.6 Å². The minimum Gasteiger partial charge on any atom is -0.481 e. The molecule has 2 N–H and O–H groups in total. The third kappa shape index (κ3) is 3.72. The number of piperidine rings is 1. The molecule has 2 unspecified atom stereocenters. The largest absolute Gasteiger partial charge is 0.481 e. The van der Waals surface area contributed by atoms with Gasteiger partial charge in [0.25, 0.3) is 0 Å². The zero-order valence-corrected chi connectivity index (χ0v) is 9.90. The van der Waals surface area contributed by atoms with Gasteiger partial charge in [0, 0.05) is 19.6 Å². The Morgan fingerprint density at radius 2 is 2.25 bits per heavy atom. The first-order valence-corrected chi connectivity index (χ1v) is 5.76. The van der Waals surface area contributed by atoms with Crippen LogP contribution in [0.4, 0.5) is 4.79 Å². The number of carboxylic acid groups (broad SMARTS) is 1. The number of rotatable bonds is 3. The molecule has 0 radical (unpaired) electrons. The summed E-state index contributed by atoms with van der Waals surface area (Å²) < 4.78 is 0. The first kappa shape index (κ1) is 12.8. The standard InChI is InChI=1S/C11H20N2O3/c1-8-4-3-5-13(7-8)11(16)12-6-9(2)10(14)15/h8-9H,3-7H2,1-2H3,(H,12,16)(H,14,15). The fraction of sp³-hybridized carbons (Fsp3) is 0.818. The predicted octanol–water partition coefficient (Wildman–Crippen LogP) is 1.15. The lowest BCUT2D eigenvalue weighted by atomic mass is 10.0. The fourth-order valence-electron chi connectivity index (χ4n) is 1.81. The number of hydrogen-bond acceptors (Lipinski definition) is 2. The number of carboxylic acids is 1. The molecule has 0 spiro atoms. The number of aliphatic carboxylic acids is 1. The lowest BCUT2D eigenvalue weighted by Gasteiger charge is -2.31. The lowest BCUT2D eigenvalue weighted by molar-refractivity contribution is -0.140. The van der Waals surface area contributed by atoms with Gasteiger partial charge in [0.15, 0.2) is 0 Å². The van der Waals surface area contributed by atoms with Crippen molar-refractivity contribution >= 4 is 12.0 Å². The molecule has 5 nitrogen and oxygen atoms in total. The van der Waals surface area contributed by atoms with E-state index in [2.05, 4.69) is 12.2 Å². The van der Waals surface area contributed by atoms with Crippen molar-refractivity contribution in [3.05, 3.63) is 0 Å². The van der Waals surface area contributed by atoms with Crippen LogP contribution >= 0.6 is 0 Å². The highest BCUT2D eigenvalue weighted by Gasteiger charge is 2.21. The number of hydrogen-bond donors (Lipinski definition) is 2. The molecule has 0 aromatic rings. The van der Waals surface area contributed by atoms with E-state index in [1.807, 2.05) is 0 Å². The van der Waals surface area contributed by atoms with Crippen molar-refractivity contribution in [2.45, 2.75) is 26.7 Å².